The molecule has 0 aliphatic carbocycles. The third-order valence-electron chi connectivity index (χ3n) is 4.30. The van der Waals surface area contributed by atoms with Crippen molar-refractivity contribution in [2.24, 2.45) is 0 Å². The van der Waals surface area contributed by atoms with Crippen molar-refractivity contribution in [2.45, 2.75) is 13.0 Å². The molecule has 0 saturated carbocycles. The van der Waals surface area contributed by atoms with Gasteiger partial charge in [0.1, 0.15) is 12.4 Å². The molecule has 146 valence electrons. The lowest BCUT2D eigenvalue weighted by molar-refractivity contribution is -0.120. The Morgan fingerprint density at radius 3 is 2.64 bits per heavy atom. The van der Waals surface area contributed by atoms with Gasteiger partial charge in [-0.3, -0.25) is 9.69 Å². The van der Waals surface area contributed by atoms with Gasteiger partial charge in [0.05, 0.1) is 11.6 Å². The minimum absolute atomic E-state index is 0.156. The van der Waals surface area contributed by atoms with E-state index >= 15 is 0 Å². The van der Waals surface area contributed by atoms with Crippen LogP contribution in [0.15, 0.2) is 48.5 Å². The average Bonchev–Trinajstić information content (AvgIpc) is 3.11. The number of carbonyl (C=O) groups is 3. The number of esters is 1. The SMILES string of the molecule is CC(=O)NC(COC(=O)c1cc(N2CCNC2=O)ccc1F)c1ccccc1. The van der Waals surface area contributed by atoms with Gasteiger partial charge in [0.15, 0.2) is 0 Å². The van der Waals surface area contributed by atoms with Gasteiger partial charge in [-0.05, 0) is 23.8 Å². The second-order valence-corrected chi connectivity index (χ2v) is 6.31. The lowest BCUT2D eigenvalue weighted by Gasteiger charge is -2.19. The molecule has 1 aliphatic heterocycles. The van der Waals surface area contributed by atoms with Crippen molar-refractivity contribution in [3.8, 4) is 0 Å². The Hall–Kier alpha value is -3.42. The van der Waals surface area contributed by atoms with E-state index in [0.29, 0.717) is 18.8 Å². The highest BCUT2D eigenvalue weighted by molar-refractivity contribution is 5.96. The van der Waals surface area contributed by atoms with Gasteiger partial charge in [0.25, 0.3) is 0 Å². The molecule has 0 radical (unpaired) electrons. The van der Waals surface area contributed by atoms with Crippen LogP contribution in [-0.2, 0) is 9.53 Å². The maximum Gasteiger partial charge on any atom is 0.341 e. The number of halogens is 1. The molecule has 1 atom stereocenters. The monoisotopic (exact) mass is 385 g/mol. The van der Waals surface area contributed by atoms with Crippen LogP contribution >= 0.6 is 0 Å². The third-order valence-corrected chi connectivity index (χ3v) is 4.30. The van der Waals surface area contributed by atoms with Gasteiger partial charge in [-0.1, -0.05) is 30.3 Å². The normalized spacial score (nSPS) is 14.4. The number of amides is 3. The Labute approximate surface area is 161 Å². The molecule has 1 fully saturated rings. The summed E-state index contributed by atoms with van der Waals surface area (Å²) in [5, 5.41) is 5.35. The Balaban J connectivity index is 1.74. The van der Waals surface area contributed by atoms with Crippen LogP contribution in [0, 0.1) is 5.82 Å². The predicted octanol–water partition coefficient (Wildman–Crippen LogP) is 2.39. The molecule has 2 aromatic carbocycles. The number of ether oxygens (including phenoxy) is 1. The number of carbonyl (C=O) groups excluding carboxylic acids is 3. The number of nitrogens with zero attached hydrogens (tertiary/aromatic N) is 1. The Bertz CT molecular complexity index is 888. The summed E-state index contributed by atoms with van der Waals surface area (Å²) in [7, 11) is 0. The number of anilines is 1. The summed E-state index contributed by atoms with van der Waals surface area (Å²) in [6, 6.07) is 12.0. The van der Waals surface area contributed by atoms with E-state index in [-0.39, 0.29) is 24.1 Å². The van der Waals surface area contributed by atoms with Gasteiger partial charge in [-0.2, -0.15) is 0 Å². The second kappa shape index (κ2) is 8.51. The fraction of sp³-hybridized carbons (Fsp3) is 0.250. The Morgan fingerprint density at radius 1 is 1.25 bits per heavy atom. The molecule has 3 rings (SSSR count). The quantitative estimate of drug-likeness (QED) is 0.748. The summed E-state index contributed by atoms with van der Waals surface area (Å²) in [6.07, 6.45) is 0. The first-order valence-electron chi connectivity index (χ1n) is 8.80. The molecular weight excluding hydrogens is 365 g/mol. The van der Waals surface area contributed by atoms with Gasteiger partial charge in [0, 0.05) is 25.7 Å². The Kier molecular flexibility index (Phi) is 5.88. The molecule has 1 heterocycles. The van der Waals surface area contributed by atoms with E-state index in [0.717, 1.165) is 11.6 Å². The topological polar surface area (TPSA) is 87.7 Å². The van der Waals surface area contributed by atoms with Crippen LogP contribution in [0.5, 0.6) is 0 Å². The highest BCUT2D eigenvalue weighted by atomic mass is 19.1. The molecule has 0 bridgehead atoms. The molecule has 1 aliphatic rings. The minimum Gasteiger partial charge on any atom is -0.459 e. The van der Waals surface area contributed by atoms with Crippen molar-refractivity contribution in [2.75, 3.05) is 24.6 Å². The zero-order chi connectivity index (χ0) is 20.1. The van der Waals surface area contributed by atoms with E-state index in [9.17, 15) is 18.8 Å². The van der Waals surface area contributed by atoms with Crippen LogP contribution in [-0.4, -0.2) is 37.6 Å². The summed E-state index contributed by atoms with van der Waals surface area (Å²) < 4.78 is 19.4. The molecule has 2 N–H and O–H groups in total. The molecular formula is C20H20FN3O4. The largest absolute Gasteiger partial charge is 0.459 e. The van der Waals surface area contributed by atoms with Crippen molar-refractivity contribution in [1.29, 1.82) is 0 Å². The summed E-state index contributed by atoms with van der Waals surface area (Å²) >= 11 is 0. The van der Waals surface area contributed by atoms with Crippen molar-refractivity contribution >= 4 is 23.6 Å². The van der Waals surface area contributed by atoms with Crippen LogP contribution in [0.3, 0.4) is 0 Å². The third kappa shape index (κ3) is 4.46. The minimum atomic E-state index is -0.870. The molecule has 2 aromatic rings. The van der Waals surface area contributed by atoms with Crippen molar-refractivity contribution in [3.05, 3.63) is 65.5 Å². The average molecular weight is 385 g/mol. The maximum absolute atomic E-state index is 14.2. The molecule has 0 aromatic heterocycles. The lowest BCUT2D eigenvalue weighted by Crippen LogP contribution is -2.30. The summed E-state index contributed by atoms with van der Waals surface area (Å²) in [4.78, 5) is 37.1. The van der Waals surface area contributed by atoms with Crippen molar-refractivity contribution in [3.63, 3.8) is 0 Å². The van der Waals surface area contributed by atoms with E-state index < -0.39 is 17.8 Å². The fourth-order valence-corrected chi connectivity index (χ4v) is 2.94. The van der Waals surface area contributed by atoms with E-state index in [2.05, 4.69) is 10.6 Å². The zero-order valence-corrected chi connectivity index (χ0v) is 15.3. The maximum atomic E-state index is 14.2. The number of nitrogens with one attached hydrogen (secondary N) is 2. The molecule has 1 unspecified atom stereocenters. The van der Waals surface area contributed by atoms with Crippen molar-refractivity contribution < 1.29 is 23.5 Å². The van der Waals surface area contributed by atoms with Crippen LogP contribution in [0.25, 0.3) is 0 Å². The molecule has 28 heavy (non-hydrogen) atoms. The van der Waals surface area contributed by atoms with Crippen LogP contribution in [0.4, 0.5) is 14.9 Å². The van der Waals surface area contributed by atoms with E-state index in [1.807, 2.05) is 6.07 Å². The van der Waals surface area contributed by atoms with Crippen LogP contribution in [0.1, 0.15) is 28.9 Å². The van der Waals surface area contributed by atoms with Gasteiger partial charge in [0.2, 0.25) is 5.91 Å². The second-order valence-electron chi connectivity index (χ2n) is 6.31. The van der Waals surface area contributed by atoms with E-state index in [4.69, 9.17) is 4.74 Å². The van der Waals surface area contributed by atoms with Gasteiger partial charge in [-0.15, -0.1) is 0 Å². The summed E-state index contributed by atoms with van der Waals surface area (Å²) in [5.74, 6) is -1.90. The van der Waals surface area contributed by atoms with Crippen LogP contribution in [0.2, 0.25) is 0 Å². The van der Waals surface area contributed by atoms with Gasteiger partial charge < -0.3 is 15.4 Å². The zero-order valence-electron chi connectivity index (χ0n) is 15.3. The first-order chi connectivity index (χ1) is 13.5. The van der Waals surface area contributed by atoms with Gasteiger partial charge in [-0.25, -0.2) is 14.0 Å². The number of rotatable bonds is 6. The van der Waals surface area contributed by atoms with Gasteiger partial charge >= 0.3 is 12.0 Å². The lowest BCUT2D eigenvalue weighted by atomic mass is 10.1. The number of hydrogen-bond donors (Lipinski definition) is 2. The van der Waals surface area contributed by atoms with Crippen molar-refractivity contribution in [1.82, 2.24) is 10.6 Å². The molecule has 1 saturated heterocycles. The van der Waals surface area contributed by atoms with E-state index in [1.54, 1.807) is 24.3 Å². The van der Waals surface area contributed by atoms with Crippen LogP contribution < -0.4 is 15.5 Å². The smallest absolute Gasteiger partial charge is 0.341 e. The van der Waals surface area contributed by atoms with E-state index in [1.165, 1.54) is 24.0 Å². The molecule has 7 nitrogen and oxygen atoms in total. The first-order valence-corrected chi connectivity index (χ1v) is 8.80. The molecule has 0 spiro atoms. The summed E-state index contributed by atoms with van der Waals surface area (Å²) in [6.45, 7) is 2.11. The predicted molar refractivity (Wildman–Crippen MR) is 100 cm³/mol. The number of urea groups is 1. The number of hydrogen-bond acceptors (Lipinski definition) is 4. The highest BCUT2D eigenvalue weighted by Gasteiger charge is 2.24. The summed E-state index contributed by atoms with van der Waals surface area (Å²) in [5.41, 5.74) is 0.894. The molecule has 8 heteroatoms. The Morgan fingerprint density at radius 2 is 2.00 bits per heavy atom. The highest BCUT2D eigenvalue weighted by Crippen LogP contribution is 2.22. The number of benzene rings is 2. The standard InChI is InChI=1S/C20H20FN3O4/c1-13(25)23-18(14-5-3-2-4-6-14)12-28-19(26)16-11-15(7-8-17(16)21)24-10-9-22-20(24)27/h2-8,11,18H,9-10,12H2,1H3,(H,22,27)(H,23,25). The molecule has 3 amide bonds. The first kappa shape index (κ1) is 19.3. The fourth-order valence-electron chi connectivity index (χ4n) is 2.94.